The lowest BCUT2D eigenvalue weighted by atomic mass is 9.49. The van der Waals surface area contributed by atoms with Crippen LogP contribution in [0.3, 0.4) is 0 Å². The van der Waals surface area contributed by atoms with Crippen molar-refractivity contribution in [1.29, 1.82) is 0 Å². The van der Waals surface area contributed by atoms with Gasteiger partial charge in [-0.2, -0.15) is 0 Å². The third-order valence-corrected chi connectivity index (χ3v) is 12.9. The smallest absolute Gasteiger partial charge is 0.155 e. The molecule has 5 aliphatic rings. The summed E-state index contributed by atoms with van der Waals surface area (Å²) in [5.74, 6) is 3.02. The Kier molecular flexibility index (Phi) is 4.86. The number of alkyl halides is 2. The Morgan fingerprint density at radius 3 is 2.48 bits per heavy atom. The van der Waals surface area contributed by atoms with E-state index in [-0.39, 0.29) is 30.6 Å². The van der Waals surface area contributed by atoms with E-state index in [1.54, 1.807) is 0 Å². The van der Waals surface area contributed by atoms with Gasteiger partial charge in [0.1, 0.15) is 0 Å². The van der Waals surface area contributed by atoms with Gasteiger partial charge >= 0.3 is 0 Å². The Morgan fingerprint density at radius 1 is 1.04 bits per heavy atom. The van der Waals surface area contributed by atoms with Crippen LogP contribution in [0, 0.1) is 35.0 Å². The molecule has 5 rings (SSSR count). The van der Waals surface area contributed by atoms with Crippen LogP contribution in [0.5, 0.6) is 0 Å². The van der Waals surface area contributed by atoms with E-state index in [1.807, 2.05) is 6.08 Å². The van der Waals surface area contributed by atoms with Crippen LogP contribution in [0.2, 0.25) is 0 Å². The van der Waals surface area contributed by atoms with Crippen molar-refractivity contribution in [3.05, 3.63) is 11.6 Å². The topological polar surface area (TPSA) is 57.5 Å². The van der Waals surface area contributed by atoms with Gasteiger partial charge in [0.15, 0.2) is 5.78 Å². The highest BCUT2D eigenvalue weighted by Crippen LogP contribution is 2.73. The molecule has 0 aromatic rings. The van der Waals surface area contributed by atoms with E-state index in [0.29, 0.717) is 30.8 Å². The maximum Gasteiger partial charge on any atom is 0.155 e. The van der Waals surface area contributed by atoms with Crippen molar-refractivity contribution >= 4 is 51.0 Å². The Labute approximate surface area is 189 Å². The lowest BCUT2D eigenvalue weighted by molar-refractivity contribution is -0.115. The van der Waals surface area contributed by atoms with Crippen molar-refractivity contribution in [3.63, 3.8) is 0 Å². The summed E-state index contributed by atoms with van der Waals surface area (Å²) in [4.78, 5) is 12.2. The fourth-order valence-electron chi connectivity index (χ4n) is 7.85. The third-order valence-electron chi connectivity index (χ3n) is 9.04. The SMILES string of the molecule is O=C1C=C2C(CO)CC3(I)C(CCC4(CO)C(C5CC5)CCC34)C2(I)CC1. The summed E-state index contributed by atoms with van der Waals surface area (Å²) in [6.07, 6.45) is 12.0. The lowest BCUT2D eigenvalue weighted by Gasteiger charge is -2.63. The van der Waals surface area contributed by atoms with Crippen LogP contribution in [0.15, 0.2) is 11.6 Å². The van der Waals surface area contributed by atoms with Crippen molar-refractivity contribution < 1.29 is 15.0 Å². The summed E-state index contributed by atoms with van der Waals surface area (Å²) >= 11 is 5.44. The van der Waals surface area contributed by atoms with Gasteiger partial charge in [0.05, 0.1) is 0 Å². The fourth-order valence-corrected chi connectivity index (χ4v) is 12.5. The highest BCUT2D eigenvalue weighted by molar-refractivity contribution is 14.1. The van der Waals surface area contributed by atoms with Crippen LogP contribution in [0.1, 0.15) is 57.8 Å². The molecule has 4 fully saturated rings. The second-order valence-electron chi connectivity index (χ2n) is 10.00. The van der Waals surface area contributed by atoms with Crippen LogP contribution in [-0.2, 0) is 4.79 Å². The summed E-state index contributed by atoms with van der Waals surface area (Å²) in [5.41, 5.74) is 1.34. The zero-order chi connectivity index (χ0) is 19.0. The van der Waals surface area contributed by atoms with Crippen molar-refractivity contribution in [2.45, 2.75) is 64.6 Å². The number of rotatable bonds is 3. The van der Waals surface area contributed by atoms with Gasteiger partial charge in [-0.15, -0.1) is 0 Å². The Balaban J connectivity index is 1.58. The fraction of sp³-hybridized carbons (Fsp3) is 0.864. The van der Waals surface area contributed by atoms with E-state index in [9.17, 15) is 15.0 Å². The molecule has 27 heavy (non-hydrogen) atoms. The van der Waals surface area contributed by atoms with Gasteiger partial charge in [-0.25, -0.2) is 0 Å². The third kappa shape index (κ3) is 2.65. The number of fused-ring (bicyclic) bond motifs is 5. The maximum atomic E-state index is 12.2. The van der Waals surface area contributed by atoms with E-state index < -0.39 is 0 Å². The van der Waals surface area contributed by atoms with E-state index in [4.69, 9.17) is 0 Å². The minimum Gasteiger partial charge on any atom is -0.396 e. The molecule has 7 atom stereocenters. The number of carbonyl (C=O) groups is 1. The summed E-state index contributed by atoms with van der Waals surface area (Å²) in [5, 5.41) is 20.9. The van der Waals surface area contributed by atoms with Crippen LogP contribution < -0.4 is 0 Å². The molecule has 0 radical (unpaired) electrons. The Bertz CT molecular complexity index is 689. The van der Waals surface area contributed by atoms with Crippen LogP contribution in [0.4, 0.5) is 0 Å². The summed E-state index contributed by atoms with van der Waals surface area (Å²) in [7, 11) is 0. The highest BCUT2D eigenvalue weighted by atomic mass is 127. The largest absolute Gasteiger partial charge is 0.396 e. The van der Waals surface area contributed by atoms with E-state index >= 15 is 0 Å². The normalized spacial score (nSPS) is 52.0. The first-order valence-corrected chi connectivity index (χ1v) is 12.9. The van der Waals surface area contributed by atoms with Crippen molar-refractivity contribution in [3.8, 4) is 0 Å². The zero-order valence-electron chi connectivity index (χ0n) is 15.8. The second-order valence-corrected chi connectivity index (χ2v) is 13.9. The number of hydrogen-bond acceptors (Lipinski definition) is 3. The molecule has 3 nitrogen and oxygen atoms in total. The van der Waals surface area contributed by atoms with Crippen LogP contribution in [-0.4, -0.2) is 36.1 Å². The van der Waals surface area contributed by atoms with Crippen molar-refractivity contribution in [1.82, 2.24) is 0 Å². The summed E-state index contributed by atoms with van der Waals surface area (Å²) in [6, 6.07) is 0. The standard InChI is InChI=1S/C22H30I2O3/c23-21-8-5-15(27)9-17(21)14(11-25)10-22(24)18-4-3-16(13-1-2-13)20(18,12-26)7-6-19(21)22/h9,13-14,16,18-19,25-26H,1-8,10-12H2. The molecule has 0 aromatic heterocycles. The molecule has 7 unspecified atom stereocenters. The molecule has 150 valence electrons. The van der Waals surface area contributed by atoms with E-state index in [2.05, 4.69) is 45.2 Å². The molecular formula is C22H30I2O3. The molecule has 0 aliphatic heterocycles. The number of aliphatic hydroxyl groups is 2. The van der Waals surface area contributed by atoms with E-state index in [1.165, 1.54) is 31.3 Å². The molecule has 2 N–H and O–H groups in total. The van der Waals surface area contributed by atoms with Gasteiger partial charge in [0.25, 0.3) is 0 Å². The van der Waals surface area contributed by atoms with Gasteiger partial charge in [-0.1, -0.05) is 45.2 Å². The molecule has 4 saturated carbocycles. The van der Waals surface area contributed by atoms with E-state index in [0.717, 1.165) is 31.6 Å². The Hall–Kier alpha value is 0.790. The van der Waals surface area contributed by atoms with Gasteiger partial charge in [-0.05, 0) is 86.7 Å². The monoisotopic (exact) mass is 596 g/mol. The quantitative estimate of drug-likeness (QED) is 0.374. The molecule has 0 bridgehead atoms. The number of aliphatic hydroxyl groups excluding tert-OH is 2. The maximum absolute atomic E-state index is 12.2. The van der Waals surface area contributed by atoms with Gasteiger partial charge < -0.3 is 10.2 Å². The first-order valence-electron chi connectivity index (χ1n) is 10.7. The highest BCUT2D eigenvalue weighted by Gasteiger charge is 2.69. The molecule has 0 spiro atoms. The number of halogens is 2. The van der Waals surface area contributed by atoms with Crippen molar-refractivity contribution in [2.24, 2.45) is 35.0 Å². The molecule has 0 saturated heterocycles. The molecule has 0 amide bonds. The molecule has 0 aromatic carbocycles. The summed E-state index contributed by atoms with van der Waals surface area (Å²) in [6.45, 7) is 0.488. The van der Waals surface area contributed by atoms with Gasteiger partial charge in [0, 0.05) is 37.8 Å². The molecular weight excluding hydrogens is 566 g/mol. The molecule has 5 aliphatic carbocycles. The minimum atomic E-state index is 0.0117. The average molecular weight is 596 g/mol. The first-order chi connectivity index (χ1) is 12.9. The minimum absolute atomic E-state index is 0.0117. The number of ketones is 1. The zero-order valence-corrected chi connectivity index (χ0v) is 20.1. The molecule has 5 heteroatoms. The predicted molar refractivity (Wildman–Crippen MR) is 122 cm³/mol. The van der Waals surface area contributed by atoms with Crippen molar-refractivity contribution in [2.75, 3.05) is 13.2 Å². The number of hydrogen-bond donors (Lipinski definition) is 2. The van der Waals surface area contributed by atoms with Crippen LogP contribution >= 0.6 is 45.2 Å². The second kappa shape index (κ2) is 6.64. The number of carbonyl (C=O) groups excluding carboxylic acids is 1. The Morgan fingerprint density at radius 2 is 1.81 bits per heavy atom. The average Bonchev–Trinajstić information content (AvgIpc) is 3.41. The predicted octanol–water partition coefficient (Wildman–Crippen LogP) is 4.46. The van der Waals surface area contributed by atoms with Gasteiger partial charge in [-0.3, -0.25) is 4.79 Å². The lowest BCUT2D eigenvalue weighted by Crippen LogP contribution is -2.63. The first kappa shape index (κ1) is 19.7. The van der Waals surface area contributed by atoms with Crippen LogP contribution in [0.25, 0.3) is 0 Å². The summed E-state index contributed by atoms with van der Waals surface area (Å²) < 4.78 is 0.145. The van der Waals surface area contributed by atoms with Gasteiger partial charge in [0.2, 0.25) is 0 Å². The molecule has 0 heterocycles.